The van der Waals surface area contributed by atoms with Gasteiger partial charge in [-0.15, -0.1) is 0 Å². The van der Waals surface area contributed by atoms with Gasteiger partial charge in [0.1, 0.15) is 11.4 Å². The third kappa shape index (κ3) is 3.30. The molecular weight excluding hydrogens is 380 g/mol. The summed E-state index contributed by atoms with van der Waals surface area (Å²) in [4.78, 5) is 0. The van der Waals surface area contributed by atoms with E-state index < -0.39 is 5.60 Å². The monoisotopic (exact) mass is 410 g/mol. The molecule has 1 fully saturated rings. The van der Waals surface area contributed by atoms with Gasteiger partial charge in [0, 0.05) is 5.41 Å². The molecule has 3 atom stereocenters. The van der Waals surface area contributed by atoms with Crippen LogP contribution in [0, 0.1) is 5.92 Å². The molecule has 2 aliphatic carbocycles. The van der Waals surface area contributed by atoms with E-state index in [9.17, 15) is 10.2 Å². The van der Waals surface area contributed by atoms with Crippen molar-refractivity contribution in [3.63, 3.8) is 0 Å². The Morgan fingerprint density at radius 2 is 1.68 bits per heavy atom. The van der Waals surface area contributed by atoms with Gasteiger partial charge in [0.2, 0.25) is 0 Å². The maximum Gasteiger partial charge on any atom is 0.115 e. The van der Waals surface area contributed by atoms with Crippen LogP contribution in [0.2, 0.25) is 0 Å². The van der Waals surface area contributed by atoms with E-state index in [1.807, 2.05) is 48.5 Å². The number of aromatic hydroxyl groups is 1. The Morgan fingerprint density at radius 3 is 2.39 bits per heavy atom. The second-order valence-electron chi connectivity index (χ2n) is 9.27. The molecule has 0 amide bonds. The van der Waals surface area contributed by atoms with E-state index in [2.05, 4.69) is 43.3 Å². The number of hydrogen-bond acceptors (Lipinski definition) is 2. The first-order chi connectivity index (χ1) is 15.0. The van der Waals surface area contributed by atoms with Gasteiger partial charge in [-0.1, -0.05) is 79.7 Å². The number of fused-ring (bicyclic) bond motifs is 3. The maximum atomic E-state index is 12.2. The summed E-state index contributed by atoms with van der Waals surface area (Å²) >= 11 is 0. The molecule has 0 bridgehead atoms. The number of aliphatic hydroxyl groups is 1. The number of aryl methyl sites for hydroxylation is 1. The molecule has 3 aromatic carbocycles. The van der Waals surface area contributed by atoms with Crippen LogP contribution in [0.25, 0.3) is 6.08 Å². The first-order valence-electron chi connectivity index (χ1n) is 11.4. The third-order valence-electron chi connectivity index (χ3n) is 7.77. The van der Waals surface area contributed by atoms with Crippen molar-refractivity contribution in [2.75, 3.05) is 0 Å². The first-order valence-corrected chi connectivity index (χ1v) is 11.4. The third-order valence-corrected chi connectivity index (χ3v) is 7.77. The number of phenolic OH excluding ortho intramolecular Hbond substituents is 1. The lowest BCUT2D eigenvalue weighted by molar-refractivity contribution is -0.00856. The number of phenols is 1. The smallest absolute Gasteiger partial charge is 0.115 e. The van der Waals surface area contributed by atoms with Gasteiger partial charge in [0.05, 0.1) is 0 Å². The second kappa shape index (κ2) is 7.69. The molecule has 31 heavy (non-hydrogen) atoms. The van der Waals surface area contributed by atoms with E-state index >= 15 is 0 Å². The Kier molecular flexibility index (Phi) is 4.98. The topological polar surface area (TPSA) is 40.5 Å². The summed E-state index contributed by atoms with van der Waals surface area (Å²) in [5.41, 5.74) is 4.85. The zero-order valence-corrected chi connectivity index (χ0v) is 18.1. The molecule has 2 nitrogen and oxygen atoms in total. The predicted octanol–water partition coefficient (Wildman–Crippen LogP) is 6.37. The summed E-state index contributed by atoms with van der Waals surface area (Å²) in [6.07, 6.45) is 6.77. The van der Waals surface area contributed by atoms with Crippen LogP contribution < -0.4 is 0 Å². The van der Waals surface area contributed by atoms with Gasteiger partial charge >= 0.3 is 0 Å². The molecule has 1 saturated carbocycles. The molecule has 0 aliphatic heterocycles. The van der Waals surface area contributed by atoms with Crippen molar-refractivity contribution in [3.05, 3.63) is 107 Å². The highest BCUT2D eigenvalue weighted by Crippen LogP contribution is 2.59. The van der Waals surface area contributed by atoms with Crippen molar-refractivity contribution in [1.82, 2.24) is 0 Å². The van der Waals surface area contributed by atoms with Crippen molar-refractivity contribution in [1.29, 1.82) is 0 Å². The van der Waals surface area contributed by atoms with Crippen LogP contribution in [0.15, 0.2) is 84.4 Å². The largest absolute Gasteiger partial charge is 0.508 e. The van der Waals surface area contributed by atoms with E-state index in [0.717, 1.165) is 48.8 Å². The van der Waals surface area contributed by atoms with Gasteiger partial charge < -0.3 is 10.2 Å². The molecule has 3 aromatic rings. The molecule has 0 spiro atoms. The summed E-state index contributed by atoms with van der Waals surface area (Å²) in [7, 11) is 0. The highest BCUT2D eigenvalue weighted by Gasteiger charge is 2.53. The molecular formula is C29H30O2. The Labute approximate surface area is 184 Å². The van der Waals surface area contributed by atoms with E-state index in [1.165, 1.54) is 11.1 Å². The normalized spacial score (nSPS) is 28.7. The van der Waals surface area contributed by atoms with E-state index in [4.69, 9.17) is 0 Å². The lowest BCUT2D eigenvalue weighted by atomic mass is 9.51. The molecule has 5 rings (SSSR count). The van der Waals surface area contributed by atoms with Crippen molar-refractivity contribution < 1.29 is 10.2 Å². The molecule has 2 heteroatoms. The number of benzene rings is 3. The summed E-state index contributed by atoms with van der Waals surface area (Å²) in [5.74, 6) is 0.743. The Hall–Kier alpha value is -2.84. The molecule has 2 N–H and O–H groups in total. The van der Waals surface area contributed by atoms with Crippen molar-refractivity contribution in [2.24, 2.45) is 5.92 Å². The fraction of sp³-hybridized carbons (Fsp3) is 0.310. The van der Waals surface area contributed by atoms with Crippen LogP contribution in [0.4, 0.5) is 0 Å². The molecule has 0 aromatic heterocycles. The lowest BCUT2D eigenvalue weighted by Crippen LogP contribution is -2.50. The molecule has 2 unspecified atom stereocenters. The fourth-order valence-electron chi connectivity index (χ4n) is 6.15. The van der Waals surface area contributed by atoms with E-state index in [0.29, 0.717) is 11.7 Å². The van der Waals surface area contributed by atoms with Crippen molar-refractivity contribution >= 4 is 6.08 Å². The summed E-state index contributed by atoms with van der Waals surface area (Å²) in [6.45, 7) is 2.28. The standard InChI is InChI=1S/C29H30O2/c1-2-28-19-25(17-21-9-5-3-6-10-21)29(31,23-11-7-4-8-12-23)20-24(28)14-13-22-18-26(30)15-16-27(22)28/h3-12,15-18,24,30-31H,2,13-14,19-20H2,1H3/t24-,28?,29?/m1/s1. The highest BCUT2D eigenvalue weighted by molar-refractivity contribution is 5.59. The minimum atomic E-state index is -0.963. The summed E-state index contributed by atoms with van der Waals surface area (Å²) in [6, 6.07) is 26.4. The van der Waals surface area contributed by atoms with Crippen LogP contribution in [-0.2, 0) is 17.4 Å². The molecule has 0 saturated heterocycles. The maximum absolute atomic E-state index is 12.2. The molecule has 0 heterocycles. The van der Waals surface area contributed by atoms with Crippen LogP contribution in [0.3, 0.4) is 0 Å². The SMILES string of the molecule is CCC12CC(=Cc3ccccc3)C(O)(c3ccccc3)C[C@H]1CCc1cc(O)ccc12. The Bertz CT molecular complexity index is 1100. The van der Waals surface area contributed by atoms with Gasteiger partial charge in [0.15, 0.2) is 0 Å². The minimum absolute atomic E-state index is 0.0110. The highest BCUT2D eigenvalue weighted by atomic mass is 16.3. The molecule has 158 valence electrons. The Balaban J connectivity index is 1.68. The summed E-state index contributed by atoms with van der Waals surface area (Å²) in [5, 5.41) is 22.3. The van der Waals surface area contributed by atoms with Crippen molar-refractivity contribution in [2.45, 2.75) is 50.0 Å². The van der Waals surface area contributed by atoms with Crippen LogP contribution in [-0.4, -0.2) is 10.2 Å². The van der Waals surface area contributed by atoms with Crippen LogP contribution >= 0.6 is 0 Å². The summed E-state index contributed by atoms with van der Waals surface area (Å²) < 4.78 is 0. The van der Waals surface area contributed by atoms with Gasteiger partial charge in [-0.05, 0) is 78.0 Å². The predicted molar refractivity (Wildman–Crippen MR) is 126 cm³/mol. The van der Waals surface area contributed by atoms with Gasteiger partial charge in [-0.25, -0.2) is 0 Å². The second-order valence-corrected chi connectivity index (χ2v) is 9.27. The van der Waals surface area contributed by atoms with Crippen LogP contribution in [0.1, 0.15) is 54.9 Å². The Morgan fingerprint density at radius 1 is 0.968 bits per heavy atom. The fourth-order valence-corrected chi connectivity index (χ4v) is 6.15. The van der Waals surface area contributed by atoms with E-state index in [-0.39, 0.29) is 5.41 Å². The molecule has 2 aliphatic rings. The number of hydrogen-bond donors (Lipinski definition) is 2. The average Bonchev–Trinajstić information content (AvgIpc) is 2.80. The van der Waals surface area contributed by atoms with Crippen LogP contribution in [0.5, 0.6) is 5.75 Å². The zero-order chi connectivity index (χ0) is 21.5. The first kappa shape index (κ1) is 20.1. The number of rotatable bonds is 3. The van der Waals surface area contributed by atoms with Gasteiger partial charge in [0.25, 0.3) is 0 Å². The van der Waals surface area contributed by atoms with E-state index in [1.54, 1.807) is 0 Å². The molecule has 0 radical (unpaired) electrons. The quantitative estimate of drug-likeness (QED) is 0.527. The average molecular weight is 411 g/mol. The van der Waals surface area contributed by atoms with Gasteiger partial charge in [-0.2, -0.15) is 0 Å². The zero-order valence-electron chi connectivity index (χ0n) is 18.1. The minimum Gasteiger partial charge on any atom is -0.508 e. The van der Waals surface area contributed by atoms with Gasteiger partial charge in [-0.3, -0.25) is 0 Å². The lowest BCUT2D eigenvalue weighted by Gasteiger charge is -2.54. The van der Waals surface area contributed by atoms with Crippen molar-refractivity contribution in [3.8, 4) is 5.75 Å².